The molecule has 0 unspecified atom stereocenters. The summed E-state index contributed by atoms with van der Waals surface area (Å²) in [6, 6.07) is 23.4. The Kier molecular flexibility index (Phi) is 5.28. The SMILES string of the molecule is COc1cccc(N(Cc2cccc(C)c2)S(=O)(=O)c2ccccc2)c1. The number of methoxy groups -OCH3 is 1. The standard InChI is InChI=1S/C21H21NO3S/c1-17-8-6-9-18(14-17)16-22(19-10-7-11-20(15-19)25-2)26(23,24)21-12-4-3-5-13-21/h3-15H,16H2,1-2H3. The lowest BCUT2D eigenvalue weighted by molar-refractivity contribution is 0.415. The van der Waals surface area contributed by atoms with Gasteiger partial charge in [0, 0.05) is 6.07 Å². The summed E-state index contributed by atoms with van der Waals surface area (Å²) in [4.78, 5) is 0.260. The van der Waals surface area contributed by atoms with Gasteiger partial charge in [-0.3, -0.25) is 4.31 Å². The second kappa shape index (κ2) is 7.62. The minimum absolute atomic E-state index is 0.242. The molecule has 0 aliphatic carbocycles. The molecule has 0 saturated heterocycles. The third-order valence-electron chi connectivity index (χ3n) is 4.08. The second-order valence-electron chi connectivity index (χ2n) is 6.02. The Labute approximate surface area is 154 Å². The van der Waals surface area contributed by atoms with Crippen molar-refractivity contribution in [2.75, 3.05) is 11.4 Å². The van der Waals surface area contributed by atoms with E-state index in [4.69, 9.17) is 4.74 Å². The lowest BCUT2D eigenvalue weighted by Gasteiger charge is -2.25. The van der Waals surface area contributed by atoms with E-state index >= 15 is 0 Å². The molecule has 0 spiro atoms. The Balaban J connectivity index is 2.09. The van der Waals surface area contributed by atoms with Gasteiger partial charge in [0.15, 0.2) is 0 Å². The Morgan fingerprint density at radius 2 is 1.62 bits per heavy atom. The fraction of sp³-hybridized carbons (Fsp3) is 0.143. The molecular weight excluding hydrogens is 346 g/mol. The summed E-state index contributed by atoms with van der Waals surface area (Å²) in [7, 11) is -2.15. The maximum absolute atomic E-state index is 13.3. The van der Waals surface area contributed by atoms with Gasteiger partial charge in [-0.2, -0.15) is 0 Å². The molecule has 5 heteroatoms. The van der Waals surface area contributed by atoms with Crippen molar-refractivity contribution >= 4 is 15.7 Å². The van der Waals surface area contributed by atoms with Crippen molar-refractivity contribution in [2.24, 2.45) is 0 Å². The zero-order valence-electron chi connectivity index (χ0n) is 14.8. The fourth-order valence-electron chi connectivity index (χ4n) is 2.78. The van der Waals surface area contributed by atoms with Crippen LogP contribution in [0.15, 0.2) is 83.8 Å². The molecule has 134 valence electrons. The van der Waals surface area contributed by atoms with E-state index in [1.807, 2.05) is 31.2 Å². The number of nitrogens with zero attached hydrogens (tertiary/aromatic N) is 1. The number of anilines is 1. The Bertz CT molecular complexity index is 985. The van der Waals surface area contributed by atoms with Gasteiger partial charge in [0.05, 0.1) is 24.2 Å². The lowest BCUT2D eigenvalue weighted by Crippen LogP contribution is -2.30. The van der Waals surface area contributed by atoms with E-state index in [9.17, 15) is 8.42 Å². The summed E-state index contributed by atoms with van der Waals surface area (Å²) in [5.41, 5.74) is 2.58. The van der Waals surface area contributed by atoms with E-state index in [0.717, 1.165) is 11.1 Å². The van der Waals surface area contributed by atoms with Gasteiger partial charge in [0.25, 0.3) is 10.0 Å². The van der Waals surface area contributed by atoms with Crippen molar-refractivity contribution in [3.8, 4) is 5.75 Å². The summed E-state index contributed by atoms with van der Waals surface area (Å²) in [5, 5.41) is 0. The Morgan fingerprint density at radius 3 is 2.31 bits per heavy atom. The van der Waals surface area contributed by atoms with Crippen molar-refractivity contribution in [3.63, 3.8) is 0 Å². The predicted octanol–water partition coefficient (Wildman–Crippen LogP) is 4.40. The summed E-state index contributed by atoms with van der Waals surface area (Å²) in [6.07, 6.45) is 0. The summed E-state index contributed by atoms with van der Waals surface area (Å²) in [6.45, 7) is 2.23. The molecule has 0 fully saturated rings. The van der Waals surface area contributed by atoms with Crippen molar-refractivity contribution in [1.29, 1.82) is 0 Å². The monoisotopic (exact) mass is 367 g/mol. The number of aryl methyl sites for hydroxylation is 1. The molecule has 0 aliphatic rings. The van der Waals surface area contributed by atoms with Gasteiger partial charge in [-0.05, 0) is 36.8 Å². The van der Waals surface area contributed by atoms with Gasteiger partial charge in [0.2, 0.25) is 0 Å². The van der Waals surface area contributed by atoms with E-state index in [1.165, 1.54) is 4.31 Å². The van der Waals surface area contributed by atoms with Crippen molar-refractivity contribution < 1.29 is 13.2 Å². The lowest BCUT2D eigenvalue weighted by atomic mass is 10.1. The van der Waals surface area contributed by atoms with Crippen LogP contribution < -0.4 is 9.04 Å². The number of benzene rings is 3. The van der Waals surface area contributed by atoms with E-state index in [2.05, 4.69) is 0 Å². The van der Waals surface area contributed by atoms with Gasteiger partial charge in [-0.15, -0.1) is 0 Å². The Morgan fingerprint density at radius 1 is 0.885 bits per heavy atom. The maximum atomic E-state index is 13.3. The van der Waals surface area contributed by atoms with E-state index in [0.29, 0.717) is 11.4 Å². The zero-order valence-corrected chi connectivity index (χ0v) is 15.6. The quantitative estimate of drug-likeness (QED) is 0.649. The highest BCUT2D eigenvalue weighted by Crippen LogP contribution is 2.28. The molecule has 3 aromatic carbocycles. The molecule has 0 aliphatic heterocycles. The maximum Gasteiger partial charge on any atom is 0.264 e. The van der Waals surface area contributed by atoms with Crippen molar-refractivity contribution in [3.05, 3.63) is 90.0 Å². The van der Waals surface area contributed by atoms with Crippen LogP contribution in [0.4, 0.5) is 5.69 Å². The highest BCUT2D eigenvalue weighted by Gasteiger charge is 2.25. The van der Waals surface area contributed by atoms with Crippen LogP contribution in [0.3, 0.4) is 0 Å². The summed E-state index contributed by atoms with van der Waals surface area (Å²) >= 11 is 0. The van der Waals surface area contributed by atoms with Gasteiger partial charge in [0.1, 0.15) is 5.75 Å². The minimum Gasteiger partial charge on any atom is -0.497 e. The normalized spacial score (nSPS) is 11.2. The average molecular weight is 367 g/mol. The molecule has 0 radical (unpaired) electrons. The first-order chi connectivity index (χ1) is 12.5. The summed E-state index contributed by atoms with van der Waals surface area (Å²) in [5.74, 6) is 0.611. The Hall–Kier alpha value is -2.79. The molecule has 0 N–H and O–H groups in total. The number of sulfonamides is 1. The molecule has 26 heavy (non-hydrogen) atoms. The highest BCUT2D eigenvalue weighted by molar-refractivity contribution is 7.92. The van der Waals surface area contributed by atoms with Gasteiger partial charge < -0.3 is 4.74 Å². The van der Waals surface area contributed by atoms with E-state index < -0.39 is 10.0 Å². The van der Waals surface area contributed by atoms with Crippen LogP contribution in [0.25, 0.3) is 0 Å². The van der Waals surface area contributed by atoms with Gasteiger partial charge in [-0.1, -0.05) is 54.1 Å². The number of hydrogen-bond donors (Lipinski definition) is 0. The molecule has 0 atom stereocenters. The second-order valence-corrected chi connectivity index (χ2v) is 7.88. The highest BCUT2D eigenvalue weighted by atomic mass is 32.2. The topological polar surface area (TPSA) is 46.6 Å². The first-order valence-corrected chi connectivity index (χ1v) is 9.72. The molecule has 4 nitrogen and oxygen atoms in total. The molecule has 3 rings (SSSR count). The third kappa shape index (κ3) is 3.89. The number of hydrogen-bond acceptors (Lipinski definition) is 3. The molecule has 0 saturated carbocycles. The van der Waals surface area contributed by atoms with Crippen LogP contribution in [-0.2, 0) is 16.6 Å². The minimum atomic E-state index is -3.71. The first kappa shape index (κ1) is 18.0. The zero-order chi connectivity index (χ0) is 18.6. The molecule has 3 aromatic rings. The molecule has 0 aromatic heterocycles. The molecule has 0 amide bonds. The van der Waals surface area contributed by atoms with Gasteiger partial charge >= 0.3 is 0 Å². The smallest absolute Gasteiger partial charge is 0.264 e. The van der Waals surface area contributed by atoms with Crippen LogP contribution >= 0.6 is 0 Å². The first-order valence-electron chi connectivity index (χ1n) is 8.28. The van der Waals surface area contributed by atoms with Crippen molar-refractivity contribution in [1.82, 2.24) is 0 Å². The van der Waals surface area contributed by atoms with E-state index in [1.54, 1.807) is 61.7 Å². The third-order valence-corrected chi connectivity index (χ3v) is 5.87. The van der Waals surface area contributed by atoms with Crippen LogP contribution in [0.2, 0.25) is 0 Å². The fourth-order valence-corrected chi connectivity index (χ4v) is 4.24. The van der Waals surface area contributed by atoms with E-state index in [-0.39, 0.29) is 11.4 Å². The molecular formula is C21H21NO3S. The largest absolute Gasteiger partial charge is 0.497 e. The molecule has 0 bridgehead atoms. The van der Waals surface area contributed by atoms with Crippen LogP contribution in [0.5, 0.6) is 5.75 Å². The number of rotatable bonds is 6. The molecule has 0 heterocycles. The predicted molar refractivity (Wildman–Crippen MR) is 104 cm³/mol. The average Bonchev–Trinajstić information content (AvgIpc) is 2.67. The van der Waals surface area contributed by atoms with Crippen molar-refractivity contribution in [2.45, 2.75) is 18.4 Å². The van der Waals surface area contributed by atoms with Crippen LogP contribution in [0, 0.1) is 6.92 Å². The van der Waals surface area contributed by atoms with Crippen LogP contribution in [-0.4, -0.2) is 15.5 Å². The van der Waals surface area contributed by atoms with Gasteiger partial charge in [-0.25, -0.2) is 8.42 Å². The van der Waals surface area contributed by atoms with Crippen LogP contribution in [0.1, 0.15) is 11.1 Å². The number of ether oxygens (including phenoxy) is 1. The summed E-state index contributed by atoms with van der Waals surface area (Å²) < 4.78 is 33.3.